The fraction of sp³-hybridized carbons (Fsp3) is 0.636. The van der Waals surface area contributed by atoms with Crippen LogP contribution in [0, 0.1) is 5.41 Å². The van der Waals surface area contributed by atoms with Crippen molar-refractivity contribution in [1.82, 2.24) is 15.1 Å². The van der Waals surface area contributed by atoms with Crippen LogP contribution in [-0.4, -0.2) is 54.3 Å². The zero-order chi connectivity index (χ0) is 18.7. The Balaban J connectivity index is 1.39. The molecule has 1 aromatic carbocycles. The third-order valence-electron chi connectivity index (χ3n) is 6.65. The summed E-state index contributed by atoms with van der Waals surface area (Å²) < 4.78 is 0. The lowest BCUT2D eigenvalue weighted by atomic mass is 9.60. The first-order valence-electron chi connectivity index (χ1n) is 10.6. The van der Waals surface area contributed by atoms with Crippen molar-refractivity contribution in [2.45, 2.75) is 51.0 Å². The van der Waals surface area contributed by atoms with Crippen molar-refractivity contribution in [2.75, 3.05) is 32.7 Å². The predicted octanol–water partition coefficient (Wildman–Crippen LogP) is 2.73. The molecule has 146 valence electrons. The molecule has 4 rings (SSSR count). The monoisotopic (exact) mass is 369 g/mol. The Morgan fingerprint density at radius 1 is 1.04 bits per heavy atom. The van der Waals surface area contributed by atoms with Gasteiger partial charge < -0.3 is 15.1 Å². The third-order valence-corrected chi connectivity index (χ3v) is 6.65. The van der Waals surface area contributed by atoms with E-state index in [2.05, 4.69) is 22.3 Å². The van der Waals surface area contributed by atoms with Gasteiger partial charge in [0.05, 0.1) is 11.5 Å². The second-order valence-corrected chi connectivity index (χ2v) is 8.36. The van der Waals surface area contributed by atoms with Crippen LogP contribution in [0.1, 0.15) is 56.6 Å². The van der Waals surface area contributed by atoms with Crippen LogP contribution in [0.25, 0.3) is 0 Å². The van der Waals surface area contributed by atoms with Crippen molar-refractivity contribution in [2.24, 2.45) is 5.41 Å². The predicted molar refractivity (Wildman–Crippen MR) is 105 cm³/mol. The number of rotatable bonds is 6. The van der Waals surface area contributed by atoms with E-state index < -0.39 is 0 Å². The summed E-state index contributed by atoms with van der Waals surface area (Å²) in [4.78, 5) is 29.8. The number of hydrogen-bond donors (Lipinski definition) is 1. The van der Waals surface area contributed by atoms with Gasteiger partial charge in [0, 0.05) is 13.1 Å². The Morgan fingerprint density at radius 3 is 2.44 bits per heavy atom. The molecule has 1 unspecified atom stereocenters. The van der Waals surface area contributed by atoms with Crippen molar-refractivity contribution in [1.29, 1.82) is 0 Å². The van der Waals surface area contributed by atoms with Crippen LogP contribution in [0.5, 0.6) is 0 Å². The molecule has 1 N–H and O–H groups in total. The lowest BCUT2D eigenvalue weighted by Gasteiger charge is -2.58. The van der Waals surface area contributed by atoms with Crippen LogP contribution in [0.3, 0.4) is 0 Å². The Morgan fingerprint density at radius 2 is 1.74 bits per heavy atom. The number of carbonyl (C=O) groups is 2. The summed E-state index contributed by atoms with van der Waals surface area (Å²) in [5, 5.41) is 3.02. The lowest BCUT2D eigenvalue weighted by Crippen LogP contribution is -2.65. The second-order valence-electron chi connectivity index (χ2n) is 8.36. The molecule has 2 saturated heterocycles. The lowest BCUT2D eigenvalue weighted by molar-refractivity contribution is -0.180. The van der Waals surface area contributed by atoms with Gasteiger partial charge in [0.1, 0.15) is 6.54 Å². The van der Waals surface area contributed by atoms with E-state index in [9.17, 15) is 9.59 Å². The minimum atomic E-state index is -0.268. The van der Waals surface area contributed by atoms with Gasteiger partial charge in [-0.25, -0.2) is 0 Å². The van der Waals surface area contributed by atoms with Crippen LogP contribution in [0.15, 0.2) is 30.3 Å². The highest BCUT2D eigenvalue weighted by molar-refractivity contribution is 5.94. The Hall–Kier alpha value is -1.88. The Kier molecular flexibility index (Phi) is 5.48. The van der Waals surface area contributed by atoms with Gasteiger partial charge in [0.2, 0.25) is 11.8 Å². The summed E-state index contributed by atoms with van der Waals surface area (Å²) in [7, 11) is 0. The molecular formula is C22H31N3O2. The number of likely N-dealkylation sites (tertiary alicyclic amines) is 2. The quantitative estimate of drug-likeness (QED) is 0.785. The second kappa shape index (κ2) is 8.01. The SMILES string of the molecule is O=C(CN1C(=O)C2(CCCCC2)C1c1ccccc1)NCCN1CCCC1. The Bertz CT molecular complexity index is 663. The van der Waals surface area contributed by atoms with E-state index in [4.69, 9.17) is 0 Å². The van der Waals surface area contributed by atoms with Gasteiger partial charge in [0.15, 0.2) is 0 Å². The summed E-state index contributed by atoms with van der Waals surface area (Å²) in [5.41, 5.74) is 0.902. The van der Waals surface area contributed by atoms with Gasteiger partial charge in [-0.3, -0.25) is 9.59 Å². The molecule has 5 nitrogen and oxygen atoms in total. The fourth-order valence-corrected chi connectivity index (χ4v) is 5.29. The maximum absolute atomic E-state index is 13.1. The van der Waals surface area contributed by atoms with Gasteiger partial charge in [-0.05, 0) is 44.3 Å². The number of nitrogens with one attached hydrogen (secondary N) is 1. The van der Waals surface area contributed by atoms with Gasteiger partial charge >= 0.3 is 0 Å². The number of benzene rings is 1. The van der Waals surface area contributed by atoms with Crippen LogP contribution < -0.4 is 5.32 Å². The van der Waals surface area contributed by atoms with Crippen molar-refractivity contribution in [3.05, 3.63) is 35.9 Å². The topological polar surface area (TPSA) is 52.7 Å². The first-order chi connectivity index (χ1) is 13.2. The molecule has 0 aromatic heterocycles. The minimum Gasteiger partial charge on any atom is -0.353 e. The number of β-lactam (4-membered cyclic amide) rings is 1. The van der Waals surface area contributed by atoms with Crippen LogP contribution in [0.2, 0.25) is 0 Å². The van der Waals surface area contributed by atoms with Crippen molar-refractivity contribution < 1.29 is 9.59 Å². The van der Waals surface area contributed by atoms with E-state index in [0.717, 1.165) is 45.3 Å². The smallest absolute Gasteiger partial charge is 0.239 e. The van der Waals surface area contributed by atoms with Crippen molar-refractivity contribution >= 4 is 11.8 Å². The summed E-state index contributed by atoms with van der Waals surface area (Å²) in [6.45, 7) is 4.03. The highest BCUT2D eigenvalue weighted by Gasteiger charge is 2.60. The summed E-state index contributed by atoms with van der Waals surface area (Å²) in [5.74, 6) is 0.153. The molecule has 1 aromatic rings. The van der Waals surface area contributed by atoms with E-state index >= 15 is 0 Å². The van der Waals surface area contributed by atoms with Gasteiger partial charge in [-0.1, -0.05) is 49.6 Å². The van der Waals surface area contributed by atoms with E-state index in [1.54, 1.807) is 0 Å². The standard InChI is InChI=1S/C22H31N3O2/c26-19(23-13-16-24-14-7-8-15-24)17-25-20(18-9-3-1-4-10-18)22(21(25)27)11-5-2-6-12-22/h1,3-4,9-10,20H,2,5-8,11-17H2,(H,23,26). The van der Waals surface area contributed by atoms with Crippen molar-refractivity contribution in [3.63, 3.8) is 0 Å². The zero-order valence-electron chi connectivity index (χ0n) is 16.2. The van der Waals surface area contributed by atoms with Crippen LogP contribution in [0.4, 0.5) is 0 Å². The molecule has 1 aliphatic carbocycles. The highest BCUT2D eigenvalue weighted by atomic mass is 16.2. The normalized spacial score (nSPS) is 24.8. The van der Waals surface area contributed by atoms with Crippen LogP contribution >= 0.6 is 0 Å². The molecule has 1 saturated carbocycles. The molecule has 27 heavy (non-hydrogen) atoms. The summed E-state index contributed by atoms with van der Waals surface area (Å²) in [6, 6.07) is 10.3. The summed E-state index contributed by atoms with van der Waals surface area (Å²) >= 11 is 0. The molecule has 2 amide bonds. The molecule has 2 aliphatic heterocycles. The fourth-order valence-electron chi connectivity index (χ4n) is 5.29. The van der Waals surface area contributed by atoms with Crippen LogP contribution in [-0.2, 0) is 9.59 Å². The molecular weight excluding hydrogens is 338 g/mol. The number of nitrogens with zero attached hydrogens (tertiary/aromatic N) is 2. The molecule has 1 atom stereocenters. The zero-order valence-corrected chi connectivity index (χ0v) is 16.2. The first kappa shape index (κ1) is 18.5. The number of hydrogen-bond acceptors (Lipinski definition) is 3. The number of carbonyl (C=O) groups excluding carboxylic acids is 2. The largest absolute Gasteiger partial charge is 0.353 e. The average molecular weight is 370 g/mol. The minimum absolute atomic E-state index is 0.0332. The van der Waals surface area contributed by atoms with E-state index in [0.29, 0.717) is 6.54 Å². The van der Waals surface area contributed by atoms with E-state index in [-0.39, 0.29) is 29.8 Å². The van der Waals surface area contributed by atoms with Gasteiger partial charge in [-0.2, -0.15) is 0 Å². The number of amides is 2. The van der Waals surface area contributed by atoms with Gasteiger partial charge in [0.25, 0.3) is 0 Å². The maximum atomic E-state index is 13.1. The van der Waals surface area contributed by atoms with Crippen molar-refractivity contribution in [3.8, 4) is 0 Å². The average Bonchev–Trinajstić information content (AvgIpc) is 3.22. The molecule has 0 bridgehead atoms. The summed E-state index contributed by atoms with van der Waals surface area (Å²) in [6.07, 6.45) is 7.88. The molecule has 3 aliphatic rings. The highest BCUT2D eigenvalue weighted by Crippen LogP contribution is 2.57. The molecule has 0 radical (unpaired) electrons. The van der Waals surface area contributed by atoms with E-state index in [1.807, 2.05) is 23.1 Å². The third kappa shape index (κ3) is 3.62. The first-order valence-corrected chi connectivity index (χ1v) is 10.6. The molecule has 5 heteroatoms. The van der Waals surface area contributed by atoms with E-state index in [1.165, 1.54) is 24.8 Å². The Labute approximate surface area is 162 Å². The molecule has 2 heterocycles. The maximum Gasteiger partial charge on any atom is 0.239 e. The molecule has 3 fully saturated rings. The van der Waals surface area contributed by atoms with Gasteiger partial charge in [-0.15, -0.1) is 0 Å². The molecule has 1 spiro atoms.